The van der Waals surface area contributed by atoms with E-state index in [0.29, 0.717) is 5.92 Å². The van der Waals surface area contributed by atoms with Crippen molar-refractivity contribution in [1.29, 1.82) is 0 Å². The summed E-state index contributed by atoms with van der Waals surface area (Å²) in [6, 6.07) is 6.95. The molecule has 2 nitrogen and oxygen atoms in total. The summed E-state index contributed by atoms with van der Waals surface area (Å²) in [6.45, 7) is 7.10. The molecule has 1 aromatic carbocycles. The Morgan fingerprint density at radius 1 is 1.16 bits per heavy atom. The number of hydrogen-bond acceptors (Lipinski definition) is 1. The standard InChI is InChI=1S/C22H30FNO/c1-20(2)15-9-12-21(20,3)18(14-15)24-19(25)22(10-4-5-11-22)16-7-6-8-17(23)13-16/h6-8,13,15,18H,4-5,9-12,14H2,1-3H3,(H,24,25)/t15-,18+,21+/m1/s1. The van der Waals surface area contributed by atoms with Crippen LogP contribution in [0.25, 0.3) is 0 Å². The van der Waals surface area contributed by atoms with Gasteiger partial charge in [-0.25, -0.2) is 4.39 Å². The van der Waals surface area contributed by atoms with Crippen LogP contribution in [0, 0.1) is 22.6 Å². The molecule has 0 aromatic heterocycles. The smallest absolute Gasteiger partial charge is 0.230 e. The predicted molar refractivity (Wildman–Crippen MR) is 97.7 cm³/mol. The highest BCUT2D eigenvalue weighted by atomic mass is 19.1. The van der Waals surface area contributed by atoms with Crippen LogP contribution in [-0.4, -0.2) is 11.9 Å². The summed E-state index contributed by atoms with van der Waals surface area (Å²) in [4.78, 5) is 13.4. The number of hydrogen-bond donors (Lipinski definition) is 1. The van der Waals surface area contributed by atoms with E-state index in [9.17, 15) is 9.18 Å². The van der Waals surface area contributed by atoms with Crippen LogP contribution in [0.4, 0.5) is 4.39 Å². The number of benzene rings is 1. The van der Waals surface area contributed by atoms with Crippen LogP contribution in [-0.2, 0) is 10.2 Å². The second-order valence-corrected chi connectivity index (χ2v) is 9.44. The summed E-state index contributed by atoms with van der Waals surface area (Å²) >= 11 is 0. The van der Waals surface area contributed by atoms with Crippen molar-refractivity contribution in [2.75, 3.05) is 0 Å². The lowest BCUT2D eigenvalue weighted by molar-refractivity contribution is -0.128. The normalized spacial score (nSPS) is 35.0. The second kappa shape index (κ2) is 5.56. The molecule has 3 aliphatic carbocycles. The highest BCUT2D eigenvalue weighted by molar-refractivity contribution is 5.89. The minimum Gasteiger partial charge on any atom is -0.352 e. The molecule has 3 heteroatoms. The lowest BCUT2D eigenvalue weighted by Crippen LogP contribution is -2.52. The fourth-order valence-electron chi connectivity index (χ4n) is 6.13. The predicted octanol–water partition coefficient (Wildman–Crippen LogP) is 4.97. The zero-order chi connectivity index (χ0) is 17.9. The number of halogens is 1. The number of carbonyl (C=O) groups is 1. The first kappa shape index (κ1) is 17.1. The van der Waals surface area contributed by atoms with E-state index in [-0.39, 0.29) is 28.6 Å². The van der Waals surface area contributed by atoms with Crippen LogP contribution < -0.4 is 5.32 Å². The molecule has 3 atom stereocenters. The maximum absolute atomic E-state index is 13.8. The molecular formula is C22H30FNO. The fraction of sp³-hybridized carbons (Fsp3) is 0.682. The van der Waals surface area contributed by atoms with Gasteiger partial charge in [-0.3, -0.25) is 4.79 Å². The van der Waals surface area contributed by atoms with Gasteiger partial charge in [0.25, 0.3) is 0 Å². The number of amides is 1. The molecule has 1 amide bonds. The molecule has 0 saturated heterocycles. The molecule has 0 spiro atoms. The molecule has 1 N–H and O–H groups in total. The van der Waals surface area contributed by atoms with Crippen LogP contribution in [0.1, 0.15) is 71.3 Å². The SMILES string of the molecule is CC1(C)[C@@H]2CC[C@@]1(C)[C@@H](NC(=O)C1(c3cccc(F)c3)CCCC1)C2. The lowest BCUT2D eigenvalue weighted by atomic mass is 9.68. The summed E-state index contributed by atoms with van der Waals surface area (Å²) in [6.07, 6.45) is 7.32. The van der Waals surface area contributed by atoms with Gasteiger partial charge in [-0.2, -0.15) is 0 Å². The van der Waals surface area contributed by atoms with Gasteiger partial charge in [0.15, 0.2) is 0 Å². The van der Waals surface area contributed by atoms with Crippen molar-refractivity contribution in [1.82, 2.24) is 5.32 Å². The van der Waals surface area contributed by atoms with E-state index in [2.05, 4.69) is 26.1 Å². The largest absolute Gasteiger partial charge is 0.352 e. The topological polar surface area (TPSA) is 29.1 Å². The van der Waals surface area contributed by atoms with Gasteiger partial charge < -0.3 is 5.32 Å². The minimum atomic E-state index is -0.537. The molecule has 2 bridgehead atoms. The zero-order valence-electron chi connectivity index (χ0n) is 15.7. The van der Waals surface area contributed by atoms with Gasteiger partial charge >= 0.3 is 0 Å². The Balaban J connectivity index is 1.61. The van der Waals surface area contributed by atoms with Crippen molar-refractivity contribution in [2.45, 2.75) is 77.2 Å². The molecule has 3 saturated carbocycles. The van der Waals surface area contributed by atoms with Gasteiger partial charge in [-0.1, -0.05) is 45.7 Å². The summed E-state index contributed by atoms with van der Waals surface area (Å²) in [7, 11) is 0. The van der Waals surface area contributed by atoms with Crippen molar-refractivity contribution >= 4 is 5.91 Å². The Labute approximate surface area is 150 Å². The second-order valence-electron chi connectivity index (χ2n) is 9.44. The quantitative estimate of drug-likeness (QED) is 0.825. The first-order valence-corrected chi connectivity index (χ1v) is 9.87. The average Bonchev–Trinajstić information content (AvgIpc) is 3.19. The summed E-state index contributed by atoms with van der Waals surface area (Å²) < 4.78 is 13.8. The van der Waals surface area contributed by atoms with Crippen molar-refractivity contribution in [3.05, 3.63) is 35.6 Å². The van der Waals surface area contributed by atoms with Crippen LogP contribution in [0.2, 0.25) is 0 Å². The van der Waals surface area contributed by atoms with Gasteiger partial charge in [0, 0.05) is 6.04 Å². The van der Waals surface area contributed by atoms with Crippen LogP contribution in [0.3, 0.4) is 0 Å². The van der Waals surface area contributed by atoms with Gasteiger partial charge in [0.1, 0.15) is 5.82 Å². The van der Waals surface area contributed by atoms with Gasteiger partial charge in [0.2, 0.25) is 5.91 Å². The third-order valence-corrected chi connectivity index (χ3v) is 8.37. The molecule has 136 valence electrons. The van der Waals surface area contributed by atoms with E-state index >= 15 is 0 Å². The monoisotopic (exact) mass is 343 g/mol. The molecule has 4 rings (SSSR count). The Morgan fingerprint density at radius 2 is 1.88 bits per heavy atom. The van der Waals surface area contributed by atoms with E-state index < -0.39 is 5.41 Å². The maximum Gasteiger partial charge on any atom is 0.230 e. The van der Waals surface area contributed by atoms with Gasteiger partial charge in [-0.15, -0.1) is 0 Å². The number of fused-ring (bicyclic) bond motifs is 2. The van der Waals surface area contributed by atoms with E-state index in [1.54, 1.807) is 12.1 Å². The molecule has 0 radical (unpaired) electrons. The molecule has 0 heterocycles. The van der Waals surface area contributed by atoms with E-state index in [1.165, 1.54) is 18.9 Å². The highest BCUT2D eigenvalue weighted by Gasteiger charge is 2.62. The highest BCUT2D eigenvalue weighted by Crippen LogP contribution is 2.65. The Hall–Kier alpha value is -1.38. The molecule has 3 aliphatic rings. The Bertz CT molecular complexity index is 691. The molecule has 3 fully saturated rings. The Morgan fingerprint density at radius 3 is 2.44 bits per heavy atom. The summed E-state index contributed by atoms with van der Waals surface area (Å²) in [5.74, 6) is 0.589. The molecule has 0 unspecified atom stereocenters. The number of carbonyl (C=O) groups excluding carboxylic acids is 1. The van der Waals surface area contributed by atoms with E-state index in [4.69, 9.17) is 0 Å². The Kier molecular flexibility index (Phi) is 3.79. The number of nitrogens with one attached hydrogen (secondary N) is 1. The summed E-state index contributed by atoms with van der Waals surface area (Å²) in [5, 5.41) is 3.45. The molecular weight excluding hydrogens is 313 g/mol. The van der Waals surface area contributed by atoms with Gasteiger partial charge in [-0.05, 0) is 66.5 Å². The third-order valence-electron chi connectivity index (χ3n) is 8.37. The number of rotatable bonds is 3. The molecule has 25 heavy (non-hydrogen) atoms. The first-order chi connectivity index (χ1) is 11.8. The lowest BCUT2D eigenvalue weighted by Gasteiger charge is -2.41. The fourth-order valence-corrected chi connectivity index (χ4v) is 6.13. The minimum absolute atomic E-state index is 0.130. The first-order valence-electron chi connectivity index (χ1n) is 9.87. The molecule has 0 aliphatic heterocycles. The third kappa shape index (κ3) is 2.30. The average molecular weight is 343 g/mol. The summed E-state index contributed by atoms with van der Waals surface area (Å²) in [5.41, 5.74) is 0.779. The van der Waals surface area contributed by atoms with Crippen molar-refractivity contribution < 1.29 is 9.18 Å². The zero-order valence-corrected chi connectivity index (χ0v) is 15.7. The van der Waals surface area contributed by atoms with Crippen molar-refractivity contribution in [3.63, 3.8) is 0 Å². The molecule has 1 aromatic rings. The van der Waals surface area contributed by atoms with E-state index in [0.717, 1.165) is 37.7 Å². The van der Waals surface area contributed by atoms with Crippen molar-refractivity contribution in [3.8, 4) is 0 Å². The van der Waals surface area contributed by atoms with Crippen LogP contribution in [0.5, 0.6) is 0 Å². The van der Waals surface area contributed by atoms with Crippen LogP contribution in [0.15, 0.2) is 24.3 Å². The maximum atomic E-state index is 13.8. The van der Waals surface area contributed by atoms with Crippen molar-refractivity contribution in [2.24, 2.45) is 16.7 Å². The van der Waals surface area contributed by atoms with Gasteiger partial charge in [0.05, 0.1) is 5.41 Å². The van der Waals surface area contributed by atoms with Crippen LogP contribution >= 0.6 is 0 Å². The van der Waals surface area contributed by atoms with E-state index in [1.807, 2.05) is 6.07 Å².